The topological polar surface area (TPSA) is 94.5 Å². The van der Waals surface area contributed by atoms with E-state index in [1.807, 2.05) is 4.98 Å². The molecule has 0 amide bonds. The average Bonchev–Trinajstić information content (AvgIpc) is 2.13. The molecule has 0 atom stereocenters. The van der Waals surface area contributed by atoms with Gasteiger partial charge in [-0.2, -0.15) is 0 Å². The predicted octanol–water partition coefficient (Wildman–Crippen LogP) is 1.19. The van der Waals surface area contributed by atoms with Gasteiger partial charge in [0.05, 0.1) is 18.1 Å². The number of halogens is 3. The number of aromatic amines is 1. The lowest BCUT2D eigenvalue weighted by molar-refractivity contribution is -0.390. The van der Waals surface area contributed by atoms with Crippen molar-refractivity contribution in [2.75, 3.05) is 7.11 Å². The molecule has 0 aliphatic carbocycles. The molecule has 0 saturated carbocycles. The Hall–Kier alpha value is -2.26. The summed E-state index contributed by atoms with van der Waals surface area (Å²) in [5, 5.41) is 10.4. The second-order valence-electron chi connectivity index (χ2n) is 2.68. The lowest BCUT2D eigenvalue weighted by Gasteiger charge is -2.09. The zero-order chi connectivity index (χ0) is 13.2. The molecule has 1 aromatic heterocycles. The summed E-state index contributed by atoms with van der Waals surface area (Å²) in [4.78, 5) is 22.1. The van der Waals surface area contributed by atoms with Crippen molar-refractivity contribution in [3.8, 4) is 11.8 Å². The number of alkyl halides is 3. The standard InChI is InChI=1S/C7H5F3N2O5/c1-16-4-2-3(13)5(12(14)15)6(11-4)17-7(8,9)10/h2H,1H3,(H,11,13). The van der Waals surface area contributed by atoms with E-state index >= 15 is 0 Å². The van der Waals surface area contributed by atoms with E-state index in [0.29, 0.717) is 6.07 Å². The quantitative estimate of drug-likeness (QED) is 0.645. The molecule has 0 unspecified atom stereocenters. The Morgan fingerprint density at radius 2 is 2.06 bits per heavy atom. The van der Waals surface area contributed by atoms with E-state index in [1.165, 1.54) is 0 Å². The summed E-state index contributed by atoms with van der Waals surface area (Å²) in [7, 11) is 1.06. The van der Waals surface area contributed by atoms with Crippen molar-refractivity contribution in [2.45, 2.75) is 6.36 Å². The number of hydrogen-bond donors (Lipinski definition) is 1. The van der Waals surface area contributed by atoms with Crippen LogP contribution in [0.15, 0.2) is 10.9 Å². The molecule has 1 rings (SSSR count). The van der Waals surface area contributed by atoms with Gasteiger partial charge in [-0.05, 0) is 0 Å². The van der Waals surface area contributed by atoms with E-state index in [0.717, 1.165) is 7.11 Å². The highest BCUT2D eigenvalue weighted by molar-refractivity contribution is 5.43. The Labute approximate surface area is 90.9 Å². The van der Waals surface area contributed by atoms with Crippen LogP contribution in [-0.2, 0) is 0 Å². The van der Waals surface area contributed by atoms with Crippen LogP contribution >= 0.6 is 0 Å². The average molecular weight is 254 g/mol. The summed E-state index contributed by atoms with van der Waals surface area (Å²) < 4.78 is 43.6. The molecule has 7 nitrogen and oxygen atoms in total. The summed E-state index contributed by atoms with van der Waals surface area (Å²) >= 11 is 0. The van der Waals surface area contributed by atoms with Gasteiger partial charge in [-0.25, -0.2) is 0 Å². The smallest absolute Gasteiger partial charge is 0.482 e. The van der Waals surface area contributed by atoms with Crippen molar-refractivity contribution < 1.29 is 27.6 Å². The molecule has 0 spiro atoms. The fraction of sp³-hybridized carbons (Fsp3) is 0.286. The molecule has 0 aromatic carbocycles. The summed E-state index contributed by atoms with van der Waals surface area (Å²) in [6.07, 6.45) is -5.17. The van der Waals surface area contributed by atoms with Crippen LogP contribution in [0.3, 0.4) is 0 Å². The summed E-state index contributed by atoms with van der Waals surface area (Å²) in [5.74, 6) is -1.72. The largest absolute Gasteiger partial charge is 0.574 e. The SMILES string of the molecule is COc1cc(=O)c([N+](=O)[O-])c(OC(F)(F)F)[nH]1. The fourth-order valence-corrected chi connectivity index (χ4v) is 0.979. The number of pyridine rings is 1. The summed E-state index contributed by atoms with van der Waals surface area (Å²) in [6.45, 7) is 0. The van der Waals surface area contributed by atoms with Crippen LogP contribution in [0.5, 0.6) is 11.8 Å². The van der Waals surface area contributed by atoms with Crippen LogP contribution in [0.25, 0.3) is 0 Å². The Balaban J connectivity index is 3.38. The molecule has 17 heavy (non-hydrogen) atoms. The number of methoxy groups -OCH3 is 1. The number of aromatic nitrogens is 1. The first kappa shape index (κ1) is 12.8. The molecule has 0 bridgehead atoms. The van der Waals surface area contributed by atoms with E-state index in [2.05, 4.69) is 9.47 Å². The second kappa shape index (κ2) is 4.31. The maximum absolute atomic E-state index is 11.9. The van der Waals surface area contributed by atoms with Crippen LogP contribution in [0.2, 0.25) is 0 Å². The zero-order valence-corrected chi connectivity index (χ0v) is 8.20. The number of hydrogen-bond acceptors (Lipinski definition) is 5. The Morgan fingerprint density at radius 3 is 2.47 bits per heavy atom. The van der Waals surface area contributed by atoms with Gasteiger partial charge < -0.3 is 9.47 Å². The van der Waals surface area contributed by atoms with Crippen molar-refractivity contribution in [1.82, 2.24) is 4.98 Å². The van der Waals surface area contributed by atoms with Gasteiger partial charge in [0.15, 0.2) is 5.88 Å². The van der Waals surface area contributed by atoms with E-state index in [-0.39, 0.29) is 5.88 Å². The Morgan fingerprint density at radius 1 is 1.47 bits per heavy atom. The molecule has 1 heterocycles. The fourth-order valence-electron chi connectivity index (χ4n) is 0.979. The van der Waals surface area contributed by atoms with Crippen LogP contribution in [0, 0.1) is 10.1 Å². The number of H-pyrrole nitrogens is 1. The van der Waals surface area contributed by atoms with Gasteiger partial charge in [-0.3, -0.25) is 19.9 Å². The predicted molar refractivity (Wildman–Crippen MR) is 47.0 cm³/mol. The van der Waals surface area contributed by atoms with Gasteiger partial charge in [0.1, 0.15) is 0 Å². The normalized spacial score (nSPS) is 11.1. The third-order valence-electron chi connectivity index (χ3n) is 1.57. The lowest BCUT2D eigenvalue weighted by atomic mass is 10.4. The van der Waals surface area contributed by atoms with Crippen molar-refractivity contribution in [2.24, 2.45) is 0 Å². The molecule has 0 aliphatic heterocycles. The van der Waals surface area contributed by atoms with Gasteiger partial charge in [-0.15, -0.1) is 13.2 Å². The number of nitro groups is 1. The maximum atomic E-state index is 11.9. The molecule has 1 N–H and O–H groups in total. The van der Waals surface area contributed by atoms with Gasteiger partial charge in [-0.1, -0.05) is 0 Å². The highest BCUT2D eigenvalue weighted by Gasteiger charge is 2.36. The van der Waals surface area contributed by atoms with Gasteiger partial charge in [0.25, 0.3) is 11.3 Å². The van der Waals surface area contributed by atoms with Crippen LogP contribution < -0.4 is 14.9 Å². The Kier molecular flexibility index (Phi) is 3.25. The molecular weight excluding hydrogens is 249 g/mol. The van der Waals surface area contributed by atoms with Gasteiger partial charge >= 0.3 is 12.0 Å². The first-order chi connectivity index (χ1) is 7.74. The van der Waals surface area contributed by atoms with Gasteiger partial charge in [0, 0.05) is 0 Å². The van der Waals surface area contributed by atoms with Crippen LogP contribution in [0.1, 0.15) is 0 Å². The number of rotatable bonds is 3. The first-order valence-corrected chi connectivity index (χ1v) is 3.96. The third-order valence-corrected chi connectivity index (χ3v) is 1.57. The molecule has 94 valence electrons. The highest BCUT2D eigenvalue weighted by atomic mass is 19.4. The van der Waals surface area contributed by atoms with Gasteiger partial charge in [0.2, 0.25) is 0 Å². The van der Waals surface area contributed by atoms with Crippen LogP contribution in [-0.4, -0.2) is 23.4 Å². The maximum Gasteiger partial charge on any atom is 0.574 e. The molecular formula is C7H5F3N2O5. The lowest BCUT2D eigenvalue weighted by Crippen LogP contribution is -2.21. The number of ether oxygens (including phenoxy) is 2. The van der Waals surface area contributed by atoms with E-state index < -0.39 is 28.3 Å². The van der Waals surface area contributed by atoms with E-state index in [9.17, 15) is 28.1 Å². The first-order valence-electron chi connectivity index (χ1n) is 3.96. The third kappa shape index (κ3) is 3.09. The molecule has 10 heteroatoms. The summed E-state index contributed by atoms with van der Waals surface area (Å²) in [5.41, 5.74) is -2.60. The van der Waals surface area contributed by atoms with Crippen LogP contribution in [0.4, 0.5) is 18.9 Å². The highest BCUT2D eigenvalue weighted by Crippen LogP contribution is 2.28. The minimum absolute atomic E-state index is 0.389. The van der Waals surface area contributed by atoms with E-state index in [1.54, 1.807) is 0 Å². The monoisotopic (exact) mass is 254 g/mol. The molecule has 0 saturated heterocycles. The second-order valence-corrected chi connectivity index (χ2v) is 2.68. The molecule has 1 aromatic rings. The van der Waals surface area contributed by atoms with Crippen molar-refractivity contribution in [3.05, 3.63) is 26.4 Å². The Bertz CT molecular complexity index is 495. The summed E-state index contributed by atoms with van der Waals surface area (Å²) in [6, 6.07) is 0.640. The minimum atomic E-state index is -5.17. The number of nitrogens with one attached hydrogen (secondary N) is 1. The van der Waals surface area contributed by atoms with E-state index in [4.69, 9.17) is 0 Å². The molecule has 0 fully saturated rings. The molecule has 0 radical (unpaired) electrons. The minimum Gasteiger partial charge on any atom is -0.482 e. The molecule has 0 aliphatic rings. The van der Waals surface area contributed by atoms with Crippen molar-refractivity contribution in [1.29, 1.82) is 0 Å². The number of nitrogens with zero attached hydrogens (tertiary/aromatic N) is 1. The van der Waals surface area contributed by atoms with Crippen molar-refractivity contribution in [3.63, 3.8) is 0 Å². The zero-order valence-electron chi connectivity index (χ0n) is 8.20. The van der Waals surface area contributed by atoms with Crippen molar-refractivity contribution >= 4 is 5.69 Å².